The summed E-state index contributed by atoms with van der Waals surface area (Å²) in [5.74, 6) is 4.21. The molecule has 2 nitrogen and oxygen atoms in total. The van der Waals surface area contributed by atoms with Crippen molar-refractivity contribution in [3.63, 3.8) is 0 Å². The summed E-state index contributed by atoms with van der Waals surface area (Å²) in [6.45, 7) is 13.8. The zero-order valence-corrected chi connectivity index (χ0v) is 19.4. The molecule has 4 saturated carbocycles. The van der Waals surface area contributed by atoms with E-state index in [1.807, 2.05) is 0 Å². The number of fused-ring (bicyclic) bond motifs is 5. The molecule has 0 saturated heterocycles. The molecule has 9 atom stereocenters. The van der Waals surface area contributed by atoms with Crippen molar-refractivity contribution in [2.24, 2.45) is 46.3 Å². The van der Waals surface area contributed by atoms with Gasteiger partial charge in [0.15, 0.2) is 0 Å². The van der Waals surface area contributed by atoms with Gasteiger partial charge in [-0.05, 0) is 105 Å². The Morgan fingerprint density at radius 2 is 1.90 bits per heavy atom. The van der Waals surface area contributed by atoms with Crippen LogP contribution in [0.5, 0.6) is 0 Å². The summed E-state index contributed by atoms with van der Waals surface area (Å²) >= 11 is 0. The van der Waals surface area contributed by atoms with Gasteiger partial charge in [-0.15, -0.1) is 6.58 Å². The van der Waals surface area contributed by atoms with Crippen molar-refractivity contribution >= 4 is 5.78 Å². The number of carbonyl (C=O) groups excluding carboxylic acids is 1. The van der Waals surface area contributed by atoms with Crippen molar-refractivity contribution in [3.05, 3.63) is 12.2 Å². The molecule has 0 aromatic carbocycles. The summed E-state index contributed by atoms with van der Waals surface area (Å²) < 4.78 is 0. The number of allylic oxidation sites excluding steroid dienone is 1. The fraction of sp³-hybridized carbons (Fsp3) is 0.889. The lowest BCUT2D eigenvalue weighted by Crippen LogP contribution is -2.58. The van der Waals surface area contributed by atoms with Crippen LogP contribution in [0.3, 0.4) is 0 Å². The normalized spacial score (nSPS) is 47.8. The minimum Gasteiger partial charge on any atom is -0.393 e. The van der Waals surface area contributed by atoms with Crippen LogP contribution < -0.4 is 0 Å². The first kappa shape index (κ1) is 21.6. The Labute approximate surface area is 178 Å². The highest BCUT2D eigenvalue weighted by Gasteiger charge is 2.62. The second kappa shape index (κ2) is 7.81. The summed E-state index contributed by atoms with van der Waals surface area (Å²) in [4.78, 5) is 12.1. The highest BCUT2D eigenvalue weighted by Crippen LogP contribution is 2.68. The Morgan fingerprint density at radius 1 is 1.17 bits per heavy atom. The van der Waals surface area contributed by atoms with E-state index in [-0.39, 0.29) is 11.5 Å². The fourth-order valence-corrected chi connectivity index (χ4v) is 8.92. The zero-order valence-electron chi connectivity index (χ0n) is 19.4. The molecule has 0 aromatic heterocycles. The van der Waals surface area contributed by atoms with Crippen molar-refractivity contribution in [2.45, 2.75) is 104 Å². The highest BCUT2D eigenvalue weighted by atomic mass is 16.3. The van der Waals surface area contributed by atoms with Gasteiger partial charge in [0.25, 0.3) is 0 Å². The molecule has 0 aromatic rings. The third kappa shape index (κ3) is 3.56. The minimum absolute atomic E-state index is 0.189. The van der Waals surface area contributed by atoms with Crippen molar-refractivity contribution < 1.29 is 9.90 Å². The summed E-state index contributed by atoms with van der Waals surface area (Å²) in [6, 6.07) is 0. The standard InChI is InChI=1S/C27H44O2/c1-17(2)7-6-8-18(3)21-9-10-22-25-23(12-14-27(21,22)5)26(4)13-11-20(28)15-19(26)16-24(25)29/h18-19,21-25,29H,1,6-16H2,2-5H3/t18-,19?,21-,22+,23+,24-,25+,26+,27-/m1/s1. The number of Topliss-reactive ketones (excluding diaryl/α,β-unsaturated/α-hetero) is 1. The first-order chi connectivity index (χ1) is 13.7. The molecule has 1 unspecified atom stereocenters. The van der Waals surface area contributed by atoms with Crippen LogP contribution in [0.25, 0.3) is 0 Å². The molecule has 1 N–H and O–H groups in total. The molecule has 0 bridgehead atoms. The van der Waals surface area contributed by atoms with Gasteiger partial charge >= 0.3 is 0 Å². The van der Waals surface area contributed by atoms with Crippen LogP contribution in [0, 0.1) is 46.3 Å². The first-order valence-electron chi connectivity index (χ1n) is 12.5. The van der Waals surface area contributed by atoms with Crippen LogP contribution >= 0.6 is 0 Å². The van der Waals surface area contributed by atoms with Gasteiger partial charge in [-0.2, -0.15) is 0 Å². The van der Waals surface area contributed by atoms with Crippen molar-refractivity contribution in [1.82, 2.24) is 0 Å². The summed E-state index contributed by atoms with van der Waals surface area (Å²) in [5.41, 5.74) is 2.00. The van der Waals surface area contributed by atoms with Crippen LogP contribution in [-0.2, 0) is 4.79 Å². The monoisotopic (exact) mass is 400 g/mol. The highest BCUT2D eigenvalue weighted by molar-refractivity contribution is 5.79. The van der Waals surface area contributed by atoms with Gasteiger partial charge in [0, 0.05) is 12.8 Å². The first-order valence-corrected chi connectivity index (χ1v) is 12.5. The summed E-state index contributed by atoms with van der Waals surface area (Å²) in [6.07, 6.45) is 12.3. The lowest BCUT2D eigenvalue weighted by molar-refractivity contribution is -0.168. The summed E-state index contributed by atoms with van der Waals surface area (Å²) in [5, 5.41) is 11.3. The van der Waals surface area contributed by atoms with Gasteiger partial charge in [0.1, 0.15) is 5.78 Å². The molecule has 2 heteroatoms. The maximum Gasteiger partial charge on any atom is 0.133 e. The van der Waals surface area contributed by atoms with Crippen LogP contribution in [0.1, 0.15) is 98.3 Å². The van der Waals surface area contributed by atoms with Gasteiger partial charge in [0.05, 0.1) is 6.10 Å². The van der Waals surface area contributed by atoms with Gasteiger partial charge in [-0.25, -0.2) is 0 Å². The van der Waals surface area contributed by atoms with Gasteiger partial charge < -0.3 is 5.11 Å². The molecule has 0 heterocycles. The van der Waals surface area contributed by atoms with Crippen molar-refractivity contribution in [1.29, 1.82) is 0 Å². The number of hydrogen-bond acceptors (Lipinski definition) is 2. The van der Waals surface area contributed by atoms with Gasteiger partial charge in [0.2, 0.25) is 0 Å². The van der Waals surface area contributed by atoms with Crippen LogP contribution in [0.15, 0.2) is 12.2 Å². The molecule has 164 valence electrons. The van der Waals surface area contributed by atoms with E-state index in [0.29, 0.717) is 34.9 Å². The van der Waals surface area contributed by atoms with E-state index < -0.39 is 0 Å². The van der Waals surface area contributed by atoms with Crippen LogP contribution in [0.4, 0.5) is 0 Å². The number of aliphatic hydroxyl groups is 1. The second-order valence-corrected chi connectivity index (χ2v) is 12.1. The quantitative estimate of drug-likeness (QED) is 0.530. The minimum atomic E-state index is -0.189. The van der Waals surface area contributed by atoms with E-state index in [1.165, 1.54) is 50.5 Å². The predicted octanol–water partition coefficient (Wildman–Crippen LogP) is 6.57. The maximum atomic E-state index is 12.1. The fourth-order valence-electron chi connectivity index (χ4n) is 8.92. The number of ketones is 1. The average Bonchev–Trinajstić information content (AvgIpc) is 3.00. The smallest absolute Gasteiger partial charge is 0.133 e. The zero-order chi connectivity index (χ0) is 21.0. The number of hydrogen-bond donors (Lipinski definition) is 1. The molecular formula is C27H44O2. The summed E-state index contributed by atoms with van der Waals surface area (Å²) in [7, 11) is 0. The van der Waals surface area contributed by atoms with E-state index in [1.54, 1.807) is 0 Å². The lowest BCUT2D eigenvalue weighted by atomic mass is 9.44. The third-order valence-corrected chi connectivity index (χ3v) is 10.5. The van der Waals surface area contributed by atoms with E-state index in [4.69, 9.17) is 0 Å². The van der Waals surface area contributed by atoms with Crippen molar-refractivity contribution in [2.75, 3.05) is 0 Å². The van der Waals surface area contributed by atoms with E-state index in [2.05, 4.69) is 34.3 Å². The molecule has 0 radical (unpaired) electrons. The Morgan fingerprint density at radius 3 is 2.62 bits per heavy atom. The lowest BCUT2D eigenvalue weighted by Gasteiger charge is -2.62. The number of aliphatic hydroxyl groups excluding tert-OH is 1. The molecule has 29 heavy (non-hydrogen) atoms. The molecular weight excluding hydrogens is 356 g/mol. The molecule has 4 aliphatic carbocycles. The molecule has 4 fully saturated rings. The van der Waals surface area contributed by atoms with E-state index in [9.17, 15) is 9.90 Å². The Balaban J connectivity index is 1.52. The predicted molar refractivity (Wildman–Crippen MR) is 119 cm³/mol. The number of carbonyl (C=O) groups is 1. The van der Waals surface area contributed by atoms with Gasteiger partial charge in [-0.3, -0.25) is 4.79 Å². The topological polar surface area (TPSA) is 37.3 Å². The van der Waals surface area contributed by atoms with E-state index >= 15 is 0 Å². The molecule has 0 amide bonds. The Hall–Kier alpha value is -0.630. The SMILES string of the molecule is C=C(C)CCC[C@@H](C)[C@H]1CC[C@H]2[C@@H]3[C@H](O)CC4CC(=O)CC[C@]4(C)[C@H]3CC[C@]12C. The maximum absolute atomic E-state index is 12.1. The Kier molecular flexibility index (Phi) is 5.82. The molecule has 0 spiro atoms. The van der Waals surface area contributed by atoms with Crippen molar-refractivity contribution in [3.8, 4) is 0 Å². The van der Waals surface area contributed by atoms with E-state index in [0.717, 1.165) is 37.5 Å². The average molecular weight is 401 g/mol. The molecule has 0 aliphatic heterocycles. The van der Waals surface area contributed by atoms with Crippen LogP contribution in [0.2, 0.25) is 0 Å². The third-order valence-electron chi connectivity index (χ3n) is 10.5. The molecule has 4 rings (SSSR count). The Bertz CT molecular complexity index is 653. The number of rotatable bonds is 5. The molecule has 4 aliphatic rings. The van der Waals surface area contributed by atoms with Crippen LogP contribution in [-0.4, -0.2) is 17.0 Å². The second-order valence-electron chi connectivity index (χ2n) is 12.1. The largest absolute Gasteiger partial charge is 0.393 e. The van der Waals surface area contributed by atoms with Gasteiger partial charge in [-0.1, -0.05) is 32.8 Å².